The number of ether oxygens (including phenoxy) is 1. The second kappa shape index (κ2) is 5.24. The highest BCUT2D eigenvalue weighted by Gasteiger charge is 2.37. The number of benzene rings is 1. The monoisotopic (exact) mass is 301 g/mol. The summed E-state index contributed by atoms with van der Waals surface area (Å²) in [6, 6.07) is 2.62. The van der Waals surface area contributed by atoms with E-state index in [2.05, 4.69) is 10.1 Å². The molecule has 18 heavy (non-hydrogen) atoms. The van der Waals surface area contributed by atoms with Crippen LogP contribution in [-0.4, -0.2) is 12.7 Å². The Labute approximate surface area is 112 Å². The number of alkyl halides is 3. The van der Waals surface area contributed by atoms with Gasteiger partial charge in [-0.25, -0.2) is 4.79 Å². The zero-order chi connectivity index (χ0) is 12.6. The molecule has 0 aromatic heterocycles. The van der Waals surface area contributed by atoms with Crippen molar-refractivity contribution in [1.82, 2.24) is 5.32 Å². The summed E-state index contributed by atoms with van der Waals surface area (Å²) < 4.78 is 42.9. The highest BCUT2D eigenvalue weighted by molar-refractivity contribution is 6.30. The molecule has 0 radical (unpaired) electrons. The highest BCUT2D eigenvalue weighted by atomic mass is 35.5. The topological polar surface area (TPSA) is 38.3 Å². The van der Waals surface area contributed by atoms with Gasteiger partial charge in [-0.2, -0.15) is 13.2 Å². The van der Waals surface area contributed by atoms with E-state index in [9.17, 15) is 18.0 Å². The molecule has 1 fully saturated rings. The minimum atomic E-state index is -4.52. The van der Waals surface area contributed by atoms with Gasteiger partial charge >= 0.3 is 12.3 Å². The third-order valence-electron chi connectivity index (χ3n) is 2.37. The summed E-state index contributed by atoms with van der Waals surface area (Å²) in [4.78, 5) is 10.8. The van der Waals surface area contributed by atoms with Crippen molar-refractivity contribution in [2.75, 3.05) is 6.61 Å². The van der Waals surface area contributed by atoms with E-state index in [4.69, 9.17) is 11.6 Å². The molecule has 1 aromatic rings. The van der Waals surface area contributed by atoms with E-state index in [0.29, 0.717) is 0 Å². The molecule has 0 bridgehead atoms. The van der Waals surface area contributed by atoms with Gasteiger partial charge in [0.2, 0.25) is 0 Å². The Morgan fingerprint density at radius 2 is 2.06 bits per heavy atom. The molecule has 0 unspecified atom stereocenters. The lowest BCUT2D eigenvalue weighted by atomic mass is 10.0. The van der Waals surface area contributed by atoms with Crippen LogP contribution in [-0.2, 0) is 10.9 Å². The molecule has 2 rings (SSSR count). The first kappa shape index (κ1) is 14.9. The quantitative estimate of drug-likeness (QED) is 0.861. The lowest BCUT2D eigenvalue weighted by Crippen LogP contribution is -2.22. The number of alkyl carbamates (subject to hydrolysis) is 1. The number of halogens is 5. The van der Waals surface area contributed by atoms with Crippen LogP contribution in [0.5, 0.6) is 0 Å². The molecule has 0 saturated carbocycles. The van der Waals surface area contributed by atoms with Gasteiger partial charge in [-0.05, 0) is 17.7 Å². The smallest absolute Gasteiger partial charge is 0.416 e. The largest absolute Gasteiger partial charge is 0.447 e. The van der Waals surface area contributed by atoms with Gasteiger partial charge in [0.15, 0.2) is 0 Å². The molecule has 1 aromatic carbocycles. The van der Waals surface area contributed by atoms with Crippen molar-refractivity contribution in [2.45, 2.75) is 12.2 Å². The zero-order valence-corrected chi connectivity index (χ0v) is 10.3. The predicted octanol–water partition coefficient (Wildman–Crippen LogP) is 3.56. The zero-order valence-electron chi connectivity index (χ0n) is 8.75. The summed E-state index contributed by atoms with van der Waals surface area (Å²) in [7, 11) is 0. The van der Waals surface area contributed by atoms with Gasteiger partial charge in [0.25, 0.3) is 0 Å². The number of hydrogen-bond donors (Lipinski definition) is 1. The van der Waals surface area contributed by atoms with Crippen molar-refractivity contribution in [1.29, 1.82) is 0 Å². The first-order chi connectivity index (χ1) is 7.88. The molecule has 1 amide bonds. The molecule has 1 N–H and O–H groups in total. The summed E-state index contributed by atoms with van der Waals surface area (Å²) in [5, 5.41) is 2.29. The van der Waals surface area contributed by atoms with Crippen LogP contribution >= 0.6 is 24.0 Å². The third kappa shape index (κ3) is 3.00. The van der Waals surface area contributed by atoms with Gasteiger partial charge in [0.1, 0.15) is 6.61 Å². The summed E-state index contributed by atoms with van der Waals surface area (Å²) in [5.74, 6) is 0. The fourth-order valence-electron chi connectivity index (χ4n) is 1.63. The molecule has 1 saturated heterocycles. The minimum Gasteiger partial charge on any atom is -0.447 e. The van der Waals surface area contributed by atoms with E-state index < -0.39 is 23.9 Å². The first-order valence-corrected chi connectivity index (χ1v) is 5.05. The van der Waals surface area contributed by atoms with Crippen molar-refractivity contribution in [3.8, 4) is 0 Å². The maximum Gasteiger partial charge on any atom is 0.416 e. The van der Waals surface area contributed by atoms with E-state index in [-0.39, 0.29) is 29.6 Å². The Kier molecular flexibility index (Phi) is 4.34. The van der Waals surface area contributed by atoms with Crippen LogP contribution in [0.1, 0.15) is 17.2 Å². The number of rotatable bonds is 1. The minimum absolute atomic E-state index is 0. The molecule has 1 heterocycles. The van der Waals surface area contributed by atoms with Crippen LogP contribution < -0.4 is 5.32 Å². The fourth-order valence-corrected chi connectivity index (χ4v) is 1.80. The van der Waals surface area contributed by atoms with Crippen LogP contribution in [0, 0.1) is 0 Å². The number of amides is 1. The van der Waals surface area contributed by atoms with E-state index in [1.165, 1.54) is 12.1 Å². The van der Waals surface area contributed by atoms with Gasteiger partial charge in [-0.15, -0.1) is 12.4 Å². The maximum absolute atomic E-state index is 12.8. The summed E-state index contributed by atoms with van der Waals surface area (Å²) in [5.41, 5.74) is -0.909. The van der Waals surface area contributed by atoms with Crippen molar-refractivity contribution < 1.29 is 22.7 Å². The molecule has 0 spiro atoms. The Morgan fingerprint density at radius 1 is 1.39 bits per heavy atom. The molecule has 1 aliphatic heterocycles. The van der Waals surface area contributed by atoms with Gasteiger partial charge in [-0.3, -0.25) is 0 Å². The number of carbonyl (C=O) groups is 1. The standard InChI is InChI=1S/C10H7ClF3NO2.ClH/c11-5-1-2-6(7(3-5)10(12,13)14)8-4-17-9(16)15-8;/h1-3,8H,4H2,(H,15,16);1H/t8-;/m0./s1. The fraction of sp³-hybridized carbons (Fsp3) is 0.300. The van der Waals surface area contributed by atoms with Gasteiger partial charge in [-0.1, -0.05) is 17.7 Å². The Hall–Kier alpha value is -1.14. The van der Waals surface area contributed by atoms with Gasteiger partial charge < -0.3 is 10.1 Å². The second-order valence-electron chi connectivity index (χ2n) is 3.52. The predicted molar refractivity (Wildman–Crippen MR) is 60.9 cm³/mol. The van der Waals surface area contributed by atoms with E-state index in [1.807, 2.05) is 0 Å². The number of hydrogen-bond acceptors (Lipinski definition) is 2. The normalized spacial score (nSPS) is 18.9. The highest BCUT2D eigenvalue weighted by Crippen LogP contribution is 2.37. The van der Waals surface area contributed by atoms with Crippen molar-refractivity contribution in [3.05, 3.63) is 34.3 Å². The number of cyclic esters (lactones) is 1. The molecule has 100 valence electrons. The van der Waals surface area contributed by atoms with Crippen LogP contribution in [0.3, 0.4) is 0 Å². The summed E-state index contributed by atoms with van der Waals surface area (Å²) in [6.07, 6.45) is -5.24. The van der Waals surface area contributed by atoms with Crippen LogP contribution in [0.15, 0.2) is 18.2 Å². The molecular weight excluding hydrogens is 294 g/mol. The average Bonchev–Trinajstić information content (AvgIpc) is 2.63. The van der Waals surface area contributed by atoms with Crippen LogP contribution in [0.2, 0.25) is 5.02 Å². The molecule has 1 atom stereocenters. The molecule has 1 aliphatic rings. The Balaban J connectivity index is 0.00000162. The third-order valence-corrected chi connectivity index (χ3v) is 2.60. The van der Waals surface area contributed by atoms with E-state index in [1.54, 1.807) is 0 Å². The van der Waals surface area contributed by atoms with Crippen molar-refractivity contribution in [2.24, 2.45) is 0 Å². The molecule has 8 heteroatoms. The van der Waals surface area contributed by atoms with E-state index >= 15 is 0 Å². The van der Waals surface area contributed by atoms with Crippen molar-refractivity contribution >= 4 is 30.1 Å². The molecular formula is C10H8Cl2F3NO2. The Bertz CT molecular complexity index is 465. The van der Waals surface area contributed by atoms with Crippen molar-refractivity contribution in [3.63, 3.8) is 0 Å². The summed E-state index contributed by atoms with van der Waals surface area (Å²) >= 11 is 5.54. The average molecular weight is 302 g/mol. The molecule has 3 nitrogen and oxygen atoms in total. The van der Waals surface area contributed by atoms with Gasteiger partial charge in [0.05, 0.1) is 11.6 Å². The first-order valence-electron chi connectivity index (χ1n) is 4.68. The number of carbonyl (C=O) groups excluding carboxylic acids is 1. The second-order valence-corrected chi connectivity index (χ2v) is 3.96. The molecule has 0 aliphatic carbocycles. The maximum atomic E-state index is 12.8. The SMILES string of the molecule is Cl.O=C1N[C@H](c2ccc(Cl)cc2C(F)(F)F)CO1. The lowest BCUT2D eigenvalue weighted by Gasteiger charge is -2.16. The van der Waals surface area contributed by atoms with Crippen LogP contribution in [0.4, 0.5) is 18.0 Å². The van der Waals surface area contributed by atoms with Gasteiger partial charge in [0, 0.05) is 5.02 Å². The Morgan fingerprint density at radius 3 is 2.56 bits per heavy atom. The summed E-state index contributed by atoms with van der Waals surface area (Å²) in [6.45, 7) is -0.121. The van der Waals surface area contributed by atoms with Crippen LogP contribution in [0.25, 0.3) is 0 Å². The lowest BCUT2D eigenvalue weighted by molar-refractivity contribution is -0.138. The van der Waals surface area contributed by atoms with E-state index in [0.717, 1.165) is 6.07 Å². The number of nitrogens with one attached hydrogen (secondary N) is 1.